The van der Waals surface area contributed by atoms with Crippen molar-refractivity contribution in [2.45, 2.75) is 51.2 Å². The van der Waals surface area contributed by atoms with Crippen molar-refractivity contribution in [3.63, 3.8) is 0 Å². The lowest BCUT2D eigenvalue weighted by Gasteiger charge is -2.31. The number of carbonyl (C=O) groups is 1. The molecule has 1 amide bonds. The lowest BCUT2D eigenvalue weighted by molar-refractivity contribution is -0.133. The number of hydrogen-bond donors (Lipinski definition) is 0. The molecule has 0 aliphatic heterocycles. The Labute approximate surface area is 152 Å². The van der Waals surface area contributed by atoms with Crippen LogP contribution in [0.25, 0.3) is 11.0 Å². The van der Waals surface area contributed by atoms with Crippen molar-refractivity contribution in [1.82, 2.24) is 29.4 Å². The molecule has 2 heterocycles. The molecular weight excluding hydrogens is 328 g/mol. The molecule has 7 heteroatoms. The quantitative estimate of drug-likeness (QED) is 0.707. The first-order chi connectivity index (χ1) is 12.7. The average Bonchev–Trinajstić information content (AvgIpc) is 3.29. The molecule has 0 saturated heterocycles. The van der Waals surface area contributed by atoms with Gasteiger partial charge in [-0.3, -0.25) is 4.79 Å². The summed E-state index contributed by atoms with van der Waals surface area (Å²) in [6.45, 7) is 0.831. The maximum Gasteiger partial charge on any atom is 0.244 e. The van der Waals surface area contributed by atoms with Crippen molar-refractivity contribution >= 4 is 16.9 Å². The first-order valence-electron chi connectivity index (χ1n) is 9.25. The minimum atomic E-state index is 0.0985. The summed E-state index contributed by atoms with van der Waals surface area (Å²) in [4.78, 5) is 18.8. The number of imidazole rings is 1. The molecule has 1 saturated carbocycles. The van der Waals surface area contributed by atoms with Gasteiger partial charge in [0.15, 0.2) is 0 Å². The predicted molar refractivity (Wildman–Crippen MR) is 98.5 cm³/mol. The van der Waals surface area contributed by atoms with E-state index in [1.54, 1.807) is 4.68 Å². The smallest absolute Gasteiger partial charge is 0.244 e. The average molecular weight is 352 g/mol. The van der Waals surface area contributed by atoms with Gasteiger partial charge in [0.05, 0.1) is 30.1 Å². The second-order valence-corrected chi connectivity index (χ2v) is 7.07. The van der Waals surface area contributed by atoms with Crippen molar-refractivity contribution in [3.05, 3.63) is 42.5 Å². The summed E-state index contributed by atoms with van der Waals surface area (Å²) < 4.78 is 3.68. The monoisotopic (exact) mass is 352 g/mol. The van der Waals surface area contributed by atoms with E-state index in [0.717, 1.165) is 29.6 Å². The Balaban J connectivity index is 1.40. The summed E-state index contributed by atoms with van der Waals surface area (Å²) in [5, 5.41) is 8.35. The highest BCUT2D eigenvalue weighted by atomic mass is 16.2. The Kier molecular flexibility index (Phi) is 4.69. The summed E-state index contributed by atoms with van der Waals surface area (Å²) in [5.74, 6) is 0.0985. The number of nitrogens with zero attached hydrogens (tertiary/aromatic N) is 6. The predicted octanol–water partition coefficient (Wildman–Crippen LogP) is 2.47. The number of carbonyl (C=O) groups excluding carboxylic acids is 1. The highest BCUT2D eigenvalue weighted by molar-refractivity contribution is 5.76. The summed E-state index contributed by atoms with van der Waals surface area (Å²) in [6.07, 6.45) is 9.60. The minimum Gasteiger partial charge on any atom is -0.341 e. The summed E-state index contributed by atoms with van der Waals surface area (Å²) >= 11 is 0. The van der Waals surface area contributed by atoms with Crippen LogP contribution in [0.4, 0.5) is 0 Å². The summed E-state index contributed by atoms with van der Waals surface area (Å²) in [5.41, 5.74) is 2.85. The number of rotatable bonds is 5. The number of hydrogen-bond acceptors (Lipinski definition) is 4. The SMILES string of the molecule is CN(C(=O)Cn1cc(Cn2cnc3ccccc32)nn1)C1CCCCC1. The lowest BCUT2D eigenvalue weighted by Crippen LogP contribution is -2.40. The zero-order valence-corrected chi connectivity index (χ0v) is 15.1. The van der Waals surface area contributed by atoms with E-state index in [1.165, 1.54) is 19.3 Å². The molecule has 0 bridgehead atoms. The van der Waals surface area contributed by atoms with Crippen LogP contribution in [-0.2, 0) is 17.9 Å². The third-order valence-electron chi connectivity index (χ3n) is 5.26. The van der Waals surface area contributed by atoms with E-state index in [9.17, 15) is 4.79 Å². The van der Waals surface area contributed by atoms with E-state index >= 15 is 0 Å². The Morgan fingerprint density at radius 1 is 1.23 bits per heavy atom. The molecule has 1 aliphatic carbocycles. The zero-order valence-electron chi connectivity index (χ0n) is 15.1. The number of fused-ring (bicyclic) bond motifs is 1. The van der Waals surface area contributed by atoms with Crippen LogP contribution < -0.4 is 0 Å². The van der Waals surface area contributed by atoms with Gasteiger partial charge in [-0.15, -0.1) is 5.10 Å². The fourth-order valence-electron chi connectivity index (χ4n) is 3.72. The molecule has 0 spiro atoms. The van der Waals surface area contributed by atoms with Crippen molar-refractivity contribution in [3.8, 4) is 0 Å². The molecule has 0 atom stereocenters. The Bertz CT molecular complexity index is 892. The van der Waals surface area contributed by atoms with Gasteiger partial charge in [0.25, 0.3) is 0 Å². The van der Waals surface area contributed by atoms with Gasteiger partial charge in [0.2, 0.25) is 5.91 Å². The molecule has 3 aromatic rings. The number of benzene rings is 1. The van der Waals surface area contributed by atoms with Crippen LogP contribution in [0, 0.1) is 0 Å². The molecule has 4 rings (SSSR count). The van der Waals surface area contributed by atoms with Crippen LogP contribution in [-0.4, -0.2) is 48.4 Å². The maximum absolute atomic E-state index is 12.5. The first kappa shape index (κ1) is 16.8. The molecular formula is C19H24N6O. The molecule has 26 heavy (non-hydrogen) atoms. The van der Waals surface area contributed by atoms with Crippen LogP contribution >= 0.6 is 0 Å². The molecule has 2 aromatic heterocycles. The Morgan fingerprint density at radius 2 is 2.04 bits per heavy atom. The van der Waals surface area contributed by atoms with Gasteiger partial charge in [0, 0.05) is 13.1 Å². The van der Waals surface area contributed by atoms with Gasteiger partial charge in [-0.25, -0.2) is 9.67 Å². The molecule has 1 aromatic carbocycles. The topological polar surface area (TPSA) is 68.8 Å². The van der Waals surface area contributed by atoms with Gasteiger partial charge in [0.1, 0.15) is 12.2 Å². The first-order valence-corrected chi connectivity index (χ1v) is 9.25. The standard InChI is InChI=1S/C19H24N6O/c1-23(16-7-3-2-4-8-16)19(26)13-25-12-15(21-22-25)11-24-14-20-17-9-5-6-10-18(17)24/h5-6,9-10,12,14,16H,2-4,7-8,11,13H2,1H3. The molecule has 136 valence electrons. The molecule has 1 fully saturated rings. The van der Waals surface area contributed by atoms with E-state index in [4.69, 9.17) is 0 Å². The second-order valence-electron chi connectivity index (χ2n) is 7.07. The molecule has 1 aliphatic rings. The van der Waals surface area contributed by atoms with Crippen molar-refractivity contribution in [2.75, 3.05) is 7.05 Å². The third-order valence-corrected chi connectivity index (χ3v) is 5.26. The zero-order chi connectivity index (χ0) is 17.9. The largest absolute Gasteiger partial charge is 0.341 e. The van der Waals surface area contributed by atoms with Gasteiger partial charge < -0.3 is 9.47 Å². The van der Waals surface area contributed by atoms with E-state index < -0.39 is 0 Å². The van der Waals surface area contributed by atoms with Crippen LogP contribution in [0.1, 0.15) is 37.8 Å². The number of likely N-dealkylation sites (N-methyl/N-ethyl adjacent to an activating group) is 1. The van der Waals surface area contributed by atoms with Crippen LogP contribution in [0.2, 0.25) is 0 Å². The van der Waals surface area contributed by atoms with E-state index in [2.05, 4.69) is 15.3 Å². The minimum absolute atomic E-state index is 0.0985. The number of amides is 1. The Morgan fingerprint density at radius 3 is 2.88 bits per heavy atom. The number of para-hydroxylation sites is 2. The van der Waals surface area contributed by atoms with Gasteiger partial charge >= 0.3 is 0 Å². The highest BCUT2D eigenvalue weighted by Crippen LogP contribution is 2.21. The molecule has 0 radical (unpaired) electrons. The Hall–Kier alpha value is -2.70. The van der Waals surface area contributed by atoms with Gasteiger partial charge in [-0.2, -0.15) is 0 Å². The van der Waals surface area contributed by atoms with Crippen LogP contribution in [0.3, 0.4) is 0 Å². The van der Waals surface area contributed by atoms with Gasteiger partial charge in [-0.05, 0) is 25.0 Å². The summed E-state index contributed by atoms with van der Waals surface area (Å²) in [6, 6.07) is 8.37. The third kappa shape index (κ3) is 3.47. The lowest BCUT2D eigenvalue weighted by atomic mass is 9.94. The highest BCUT2D eigenvalue weighted by Gasteiger charge is 2.22. The van der Waals surface area contributed by atoms with Crippen molar-refractivity contribution in [2.24, 2.45) is 0 Å². The molecule has 7 nitrogen and oxygen atoms in total. The van der Waals surface area contributed by atoms with Gasteiger partial charge in [-0.1, -0.05) is 36.6 Å². The van der Waals surface area contributed by atoms with Crippen molar-refractivity contribution in [1.29, 1.82) is 0 Å². The number of aromatic nitrogens is 5. The van der Waals surface area contributed by atoms with Crippen LogP contribution in [0.5, 0.6) is 0 Å². The molecule has 0 N–H and O–H groups in total. The fourth-order valence-corrected chi connectivity index (χ4v) is 3.72. The van der Waals surface area contributed by atoms with E-state index in [0.29, 0.717) is 12.6 Å². The van der Waals surface area contributed by atoms with Crippen molar-refractivity contribution < 1.29 is 4.79 Å². The summed E-state index contributed by atoms with van der Waals surface area (Å²) in [7, 11) is 1.91. The fraction of sp³-hybridized carbons (Fsp3) is 0.474. The van der Waals surface area contributed by atoms with E-state index in [-0.39, 0.29) is 12.5 Å². The molecule has 0 unspecified atom stereocenters. The second kappa shape index (κ2) is 7.27. The van der Waals surface area contributed by atoms with Crippen LogP contribution in [0.15, 0.2) is 36.8 Å². The maximum atomic E-state index is 12.5. The van der Waals surface area contributed by atoms with E-state index in [1.807, 2.05) is 53.3 Å². The normalized spacial score (nSPS) is 15.4.